The van der Waals surface area contributed by atoms with Crippen molar-refractivity contribution < 1.29 is 9.52 Å². The second-order valence-corrected chi connectivity index (χ2v) is 3.99. The Bertz CT molecular complexity index is 507. The lowest BCUT2D eigenvalue weighted by Gasteiger charge is -2.12. The Kier molecular flexibility index (Phi) is 2.90. The summed E-state index contributed by atoms with van der Waals surface area (Å²) in [7, 11) is 0. The third-order valence-electron chi connectivity index (χ3n) is 2.52. The largest absolute Gasteiger partial charge is 0.447 e. The molecule has 1 unspecified atom stereocenters. The van der Waals surface area contributed by atoms with E-state index in [4.69, 9.17) is 21.8 Å². The van der Waals surface area contributed by atoms with E-state index in [1.165, 1.54) is 0 Å². The maximum atomic E-state index is 10.1. The number of hydrogen-bond acceptors (Lipinski definition) is 3. The molecule has 1 aromatic heterocycles. The van der Waals surface area contributed by atoms with Gasteiger partial charge in [0.2, 0.25) is 0 Å². The maximum Gasteiger partial charge on any atom is 0.193 e. The highest BCUT2D eigenvalue weighted by Crippen LogP contribution is 2.30. The van der Waals surface area contributed by atoms with Crippen molar-refractivity contribution >= 4 is 17.3 Å². The van der Waals surface area contributed by atoms with E-state index in [2.05, 4.69) is 0 Å². The summed E-state index contributed by atoms with van der Waals surface area (Å²) in [5.41, 5.74) is 8.02. The van der Waals surface area contributed by atoms with Crippen molar-refractivity contribution in [2.24, 2.45) is 0 Å². The van der Waals surface area contributed by atoms with E-state index in [-0.39, 0.29) is 5.22 Å². The van der Waals surface area contributed by atoms with Crippen molar-refractivity contribution in [1.82, 2.24) is 0 Å². The van der Waals surface area contributed by atoms with Gasteiger partial charge in [0.1, 0.15) is 11.9 Å². The molecule has 0 aliphatic carbocycles. The molecule has 0 bridgehead atoms. The third kappa shape index (κ3) is 1.92. The number of halogens is 1. The van der Waals surface area contributed by atoms with Crippen molar-refractivity contribution in [3.8, 4) is 0 Å². The van der Waals surface area contributed by atoms with Gasteiger partial charge in [0.15, 0.2) is 5.22 Å². The summed E-state index contributed by atoms with van der Waals surface area (Å²) in [6, 6.07) is 8.72. The van der Waals surface area contributed by atoms with E-state index in [0.29, 0.717) is 17.0 Å². The maximum absolute atomic E-state index is 10.1. The number of hydrogen-bond donors (Lipinski definition) is 2. The standard InChI is InChI=1S/C12H12ClNO2/c1-7-3-2-4-8(11(7)14)12(15)9-5-6-10(13)16-9/h2-6,12,15H,14H2,1H3. The van der Waals surface area contributed by atoms with Crippen LogP contribution in [0.3, 0.4) is 0 Å². The molecule has 0 radical (unpaired) electrons. The fourth-order valence-corrected chi connectivity index (χ4v) is 1.72. The van der Waals surface area contributed by atoms with Crippen LogP contribution in [0.5, 0.6) is 0 Å². The molecule has 0 fully saturated rings. The summed E-state index contributed by atoms with van der Waals surface area (Å²) in [6.45, 7) is 1.89. The minimum absolute atomic E-state index is 0.250. The molecule has 2 aromatic rings. The van der Waals surface area contributed by atoms with Crippen LogP contribution in [0.25, 0.3) is 0 Å². The van der Waals surface area contributed by atoms with Gasteiger partial charge in [0.05, 0.1) is 0 Å². The molecule has 1 atom stereocenters. The summed E-state index contributed by atoms with van der Waals surface area (Å²) in [6.07, 6.45) is -0.882. The van der Waals surface area contributed by atoms with Gasteiger partial charge in [-0.15, -0.1) is 0 Å². The predicted molar refractivity (Wildman–Crippen MR) is 63.4 cm³/mol. The highest BCUT2D eigenvalue weighted by atomic mass is 35.5. The normalized spacial score (nSPS) is 12.7. The zero-order chi connectivity index (χ0) is 11.7. The summed E-state index contributed by atoms with van der Waals surface area (Å²) in [4.78, 5) is 0. The summed E-state index contributed by atoms with van der Waals surface area (Å²) in [5, 5.41) is 10.3. The summed E-state index contributed by atoms with van der Waals surface area (Å²) < 4.78 is 5.15. The number of para-hydroxylation sites is 1. The number of nitrogens with two attached hydrogens (primary N) is 1. The quantitative estimate of drug-likeness (QED) is 0.790. The SMILES string of the molecule is Cc1cccc(C(O)c2ccc(Cl)o2)c1N. The number of aliphatic hydroxyl groups excluding tert-OH is 1. The van der Waals surface area contributed by atoms with Gasteiger partial charge in [-0.1, -0.05) is 18.2 Å². The molecule has 84 valence electrons. The van der Waals surface area contributed by atoms with Crippen LogP contribution in [0.2, 0.25) is 5.22 Å². The smallest absolute Gasteiger partial charge is 0.193 e. The van der Waals surface area contributed by atoms with Gasteiger partial charge in [-0.3, -0.25) is 0 Å². The van der Waals surface area contributed by atoms with Crippen LogP contribution in [0.4, 0.5) is 5.69 Å². The lowest BCUT2D eigenvalue weighted by molar-refractivity contribution is 0.190. The molecule has 3 N–H and O–H groups in total. The Morgan fingerprint density at radius 2 is 2.06 bits per heavy atom. The lowest BCUT2D eigenvalue weighted by atomic mass is 10.0. The first kappa shape index (κ1) is 11.0. The van der Waals surface area contributed by atoms with Crippen LogP contribution >= 0.6 is 11.6 Å². The zero-order valence-corrected chi connectivity index (χ0v) is 9.53. The Hall–Kier alpha value is -1.45. The first-order valence-corrected chi connectivity index (χ1v) is 5.25. The molecule has 0 saturated heterocycles. The van der Waals surface area contributed by atoms with E-state index in [1.54, 1.807) is 18.2 Å². The van der Waals surface area contributed by atoms with Crippen LogP contribution in [0.15, 0.2) is 34.7 Å². The molecule has 0 aliphatic rings. The highest BCUT2D eigenvalue weighted by molar-refractivity contribution is 6.28. The van der Waals surface area contributed by atoms with Gasteiger partial charge in [-0.05, 0) is 36.2 Å². The van der Waals surface area contributed by atoms with Crippen molar-refractivity contribution in [2.75, 3.05) is 5.73 Å². The Labute approximate surface area is 98.5 Å². The fourth-order valence-electron chi connectivity index (χ4n) is 1.57. The van der Waals surface area contributed by atoms with Crippen LogP contribution in [0.1, 0.15) is 23.0 Å². The monoisotopic (exact) mass is 237 g/mol. The fraction of sp³-hybridized carbons (Fsp3) is 0.167. The van der Waals surface area contributed by atoms with Crippen LogP contribution < -0.4 is 5.73 Å². The second kappa shape index (κ2) is 4.20. The van der Waals surface area contributed by atoms with Crippen LogP contribution in [0, 0.1) is 6.92 Å². The predicted octanol–water partition coefficient (Wildman–Crippen LogP) is 2.91. The van der Waals surface area contributed by atoms with Crippen molar-refractivity contribution in [3.63, 3.8) is 0 Å². The van der Waals surface area contributed by atoms with E-state index < -0.39 is 6.10 Å². The Morgan fingerprint density at radius 3 is 2.69 bits per heavy atom. The average molecular weight is 238 g/mol. The molecule has 16 heavy (non-hydrogen) atoms. The Balaban J connectivity index is 2.41. The number of rotatable bonds is 2. The number of nitrogen functional groups attached to an aromatic ring is 1. The van der Waals surface area contributed by atoms with Gasteiger partial charge in [0, 0.05) is 11.3 Å². The molecule has 0 spiro atoms. The van der Waals surface area contributed by atoms with Crippen molar-refractivity contribution in [3.05, 3.63) is 52.4 Å². The molecule has 0 aliphatic heterocycles. The number of benzene rings is 1. The minimum atomic E-state index is -0.882. The molecular weight excluding hydrogens is 226 g/mol. The van der Waals surface area contributed by atoms with Gasteiger partial charge in [-0.2, -0.15) is 0 Å². The molecular formula is C12H12ClNO2. The number of furan rings is 1. The topological polar surface area (TPSA) is 59.4 Å². The minimum Gasteiger partial charge on any atom is -0.447 e. The molecule has 4 heteroatoms. The van der Waals surface area contributed by atoms with Gasteiger partial charge in [-0.25, -0.2) is 0 Å². The molecule has 0 amide bonds. The Morgan fingerprint density at radius 1 is 1.31 bits per heavy atom. The summed E-state index contributed by atoms with van der Waals surface area (Å²) in [5.74, 6) is 0.391. The lowest BCUT2D eigenvalue weighted by Crippen LogP contribution is -2.04. The number of aliphatic hydroxyl groups is 1. The number of aryl methyl sites for hydroxylation is 1. The highest BCUT2D eigenvalue weighted by Gasteiger charge is 2.17. The first-order chi connectivity index (χ1) is 7.59. The molecule has 0 saturated carbocycles. The van der Waals surface area contributed by atoms with Gasteiger partial charge >= 0.3 is 0 Å². The second-order valence-electron chi connectivity index (χ2n) is 3.62. The average Bonchev–Trinajstić information content (AvgIpc) is 2.68. The van der Waals surface area contributed by atoms with Crippen LogP contribution in [-0.4, -0.2) is 5.11 Å². The van der Waals surface area contributed by atoms with Crippen LogP contribution in [-0.2, 0) is 0 Å². The molecule has 2 rings (SSSR count). The molecule has 1 heterocycles. The third-order valence-corrected chi connectivity index (χ3v) is 2.72. The zero-order valence-electron chi connectivity index (χ0n) is 8.77. The molecule has 3 nitrogen and oxygen atoms in total. The van der Waals surface area contributed by atoms with E-state index in [1.807, 2.05) is 19.1 Å². The summed E-state index contributed by atoms with van der Waals surface area (Å²) >= 11 is 5.65. The van der Waals surface area contributed by atoms with Gasteiger partial charge in [0.25, 0.3) is 0 Å². The van der Waals surface area contributed by atoms with Crippen molar-refractivity contribution in [1.29, 1.82) is 0 Å². The van der Waals surface area contributed by atoms with Gasteiger partial charge < -0.3 is 15.3 Å². The molecule has 1 aromatic carbocycles. The van der Waals surface area contributed by atoms with E-state index in [0.717, 1.165) is 5.56 Å². The van der Waals surface area contributed by atoms with E-state index >= 15 is 0 Å². The number of anilines is 1. The van der Waals surface area contributed by atoms with E-state index in [9.17, 15) is 5.11 Å². The first-order valence-electron chi connectivity index (χ1n) is 4.88. The van der Waals surface area contributed by atoms with Crippen molar-refractivity contribution in [2.45, 2.75) is 13.0 Å².